The average Bonchev–Trinajstić information content (AvgIpc) is 2.89. The third kappa shape index (κ3) is 5.26. The molecule has 4 unspecified atom stereocenters. The van der Waals surface area contributed by atoms with Crippen molar-refractivity contribution < 1.29 is 14.7 Å². The molecule has 0 radical (unpaired) electrons. The SMILES string of the molecule is CO/N=C(\CCC(=O)O)c1nc2ccccc2n(C2C[C@H]3CCC[C@@H](C2)C3C2C[C@H]3CC(C)C[C@@H](C2)C3)c1=O. The number of para-hydroxylation sites is 2. The molecule has 4 aliphatic carbocycles. The van der Waals surface area contributed by atoms with Crippen LogP contribution in [-0.4, -0.2) is 33.4 Å². The lowest BCUT2D eigenvalue weighted by Crippen LogP contribution is -2.45. The fourth-order valence-corrected chi connectivity index (χ4v) is 9.54. The van der Waals surface area contributed by atoms with Gasteiger partial charge < -0.3 is 14.5 Å². The molecule has 0 amide bonds. The first-order valence-electron chi connectivity index (χ1n) is 15.2. The number of benzene rings is 1. The van der Waals surface area contributed by atoms with Crippen molar-refractivity contribution in [3.8, 4) is 0 Å². The van der Waals surface area contributed by atoms with Crippen molar-refractivity contribution in [1.29, 1.82) is 0 Å². The fourth-order valence-electron chi connectivity index (χ4n) is 9.54. The maximum Gasteiger partial charge on any atom is 0.303 e. The molecule has 7 nitrogen and oxygen atoms in total. The molecular formula is C32H43N3O4. The molecule has 4 bridgehead atoms. The third-order valence-electron chi connectivity index (χ3n) is 10.6. The minimum atomic E-state index is -0.938. The zero-order valence-corrected chi connectivity index (χ0v) is 23.4. The molecule has 1 aromatic heterocycles. The van der Waals surface area contributed by atoms with E-state index in [4.69, 9.17) is 4.84 Å². The maximum absolute atomic E-state index is 14.1. The Hall–Kier alpha value is -2.70. The van der Waals surface area contributed by atoms with E-state index in [0.29, 0.717) is 17.5 Å². The van der Waals surface area contributed by atoms with E-state index in [1.165, 1.54) is 58.5 Å². The van der Waals surface area contributed by atoms with Crippen LogP contribution in [0.3, 0.4) is 0 Å². The summed E-state index contributed by atoms with van der Waals surface area (Å²) in [6.07, 6.45) is 13.1. The van der Waals surface area contributed by atoms with E-state index in [2.05, 4.69) is 17.1 Å². The number of aromatic nitrogens is 2. The zero-order valence-electron chi connectivity index (χ0n) is 23.4. The molecule has 1 N–H and O–H groups in total. The van der Waals surface area contributed by atoms with Gasteiger partial charge in [0.05, 0.1) is 17.5 Å². The summed E-state index contributed by atoms with van der Waals surface area (Å²) in [5, 5.41) is 13.3. The van der Waals surface area contributed by atoms with Gasteiger partial charge >= 0.3 is 5.97 Å². The van der Waals surface area contributed by atoms with Gasteiger partial charge in [-0.15, -0.1) is 0 Å². The summed E-state index contributed by atoms with van der Waals surface area (Å²) in [6.45, 7) is 2.45. The van der Waals surface area contributed by atoms with E-state index < -0.39 is 5.97 Å². The lowest BCUT2D eigenvalue weighted by Gasteiger charge is -2.53. The number of hydrogen-bond acceptors (Lipinski definition) is 5. The van der Waals surface area contributed by atoms with Crippen molar-refractivity contribution in [3.05, 3.63) is 40.3 Å². The molecule has 1 aromatic carbocycles. The van der Waals surface area contributed by atoms with E-state index in [0.717, 1.165) is 53.5 Å². The summed E-state index contributed by atoms with van der Waals surface area (Å²) in [7, 11) is 1.42. The Bertz CT molecular complexity index is 1270. The first kappa shape index (κ1) is 26.5. The van der Waals surface area contributed by atoms with Gasteiger partial charge in [-0.3, -0.25) is 9.59 Å². The summed E-state index contributed by atoms with van der Waals surface area (Å²) in [5.74, 6) is 4.81. The van der Waals surface area contributed by atoms with Gasteiger partial charge in [-0.25, -0.2) is 4.98 Å². The van der Waals surface area contributed by atoms with Crippen LogP contribution in [0.1, 0.15) is 95.7 Å². The molecule has 1 heterocycles. The second-order valence-electron chi connectivity index (χ2n) is 13.2. The van der Waals surface area contributed by atoms with Crippen LogP contribution in [0.15, 0.2) is 34.2 Å². The largest absolute Gasteiger partial charge is 0.481 e. The van der Waals surface area contributed by atoms with Gasteiger partial charge in [0.1, 0.15) is 12.8 Å². The number of carbonyl (C=O) groups is 1. The number of rotatable bonds is 7. The summed E-state index contributed by atoms with van der Waals surface area (Å²) in [4.78, 5) is 35.1. The van der Waals surface area contributed by atoms with Gasteiger partial charge in [0.25, 0.3) is 5.56 Å². The van der Waals surface area contributed by atoms with Crippen LogP contribution in [0.2, 0.25) is 0 Å². The van der Waals surface area contributed by atoms with E-state index >= 15 is 0 Å². The first-order chi connectivity index (χ1) is 18.9. The van der Waals surface area contributed by atoms with Crippen LogP contribution in [0.4, 0.5) is 0 Å². The van der Waals surface area contributed by atoms with Crippen molar-refractivity contribution in [2.45, 2.75) is 90.0 Å². The van der Waals surface area contributed by atoms with E-state index in [1.807, 2.05) is 28.8 Å². The molecule has 0 saturated heterocycles. The molecule has 4 aliphatic rings. The quantitative estimate of drug-likeness (QED) is 0.326. The Morgan fingerprint density at radius 1 is 1.00 bits per heavy atom. The van der Waals surface area contributed by atoms with Crippen molar-refractivity contribution >= 4 is 22.7 Å². The molecule has 6 rings (SSSR count). The normalized spacial score (nSPS) is 34.6. The molecule has 0 spiro atoms. The Morgan fingerprint density at radius 3 is 2.36 bits per heavy atom. The smallest absolute Gasteiger partial charge is 0.303 e. The van der Waals surface area contributed by atoms with Crippen LogP contribution in [0, 0.1) is 41.4 Å². The predicted octanol–water partition coefficient (Wildman–Crippen LogP) is 6.44. The van der Waals surface area contributed by atoms with Crippen LogP contribution in [0.5, 0.6) is 0 Å². The molecular weight excluding hydrogens is 490 g/mol. The summed E-state index contributed by atoms with van der Waals surface area (Å²) < 4.78 is 1.99. The highest BCUT2D eigenvalue weighted by Gasteiger charge is 2.47. The number of carboxylic acids is 1. The zero-order chi connectivity index (χ0) is 27.1. The molecule has 4 fully saturated rings. The molecule has 210 valence electrons. The van der Waals surface area contributed by atoms with Crippen LogP contribution in [0.25, 0.3) is 11.0 Å². The fraction of sp³-hybridized carbons (Fsp3) is 0.688. The second kappa shape index (κ2) is 11.1. The van der Waals surface area contributed by atoms with Crippen molar-refractivity contribution in [1.82, 2.24) is 9.55 Å². The number of fused-ring (bicyclic) bond motifs is 5. The maximum atomic E-state index is 14.1. The monoisotopic (exact) mass is 533 g/mol. The molecule has 7 heteroatoms. The molecule has 8 atom stereocenters. The number of hydrogen-bond donors (Lipinski definition) is 1. The highest BCUT2D eigenvalue weighted by atomic mass is 16.6. The molecule has 4 saturated carbocycles. The lowest BCUT2D eigenvalue weighted by atomic mass is 9.53. The number of oxime groups is 1. The lowest BCUT2D eigenvalue weighted by molar-refractivity contribution is -0.136. The standard InChI is InChI=1S/C32H43N3O4/c1-19-12-20-14-21(13-19)16-24(15-20)30-22-6-5-7-23(30)18-25(17-22)35-28-9-4-3-8-26(28)33-31(32(35)38)27(34-39-2)10-11-29(36)37/h3-4,8-9,19-25,30H,5-7,10-18H2,1-2H3,(H,36,37)/b34-27+/t19?,20-,21+,22-,23+,24?,25?,30?. The summed E-state index contributed by atoms with van der Waals surface area (Å²) in [5.41, 5.74) is 1.97. The average molecular weight is 534 g/mol. The molecule has 0 aliphatic heterocycles. The van der Waals surface area contributed by atoms with Crippen molar-refractivity contribution in [2.75, 3.05) is 7.11 Å². The van der Waals surface area contributed by atoms with Gasteiger partial charge in [-0.05, 0) is 98.5 Å². The highest BCUT2D eigenvalue weighted by Crippen LogP contribution is 2.56. The third-order valence-corrected chi connectivity index (χ3v) is 10.6. The minimum absolute atomic E-state index is 0.102. The van der Waals surface area contributed by atoms with E-state index in [9.17, 15) is 14.7 Å². The van der Waals surface area contributed by atoms with Crippen LogP contribution >= 0.6 is 0 Å². The van der Waals surface area contributed by atoms with Crippen LogP contribution < -0.4 is 5.56 Å². The van der Waals surface area contributed by atoms with Crippen molar-refractivity contribution in [2.24, 2.45) is 46.6 Å². The number of aliphatic carboxylic acids is 1. The first-order valence-corrected chi connectivity index (χ1v) is 15.2. The van der Waals surface area contributed by atoms with Gasteiger partial charge in [-0.1, -0.05) is 43.5 Å². The Morgan fingerprint density at radius 2 is 1.69 bits per heavy atom. The van der Waals surface area contributed by atoms with Gasteiger partial charge in [0, 0.05) is 12.5 Å². The molecule has 39 heavy (non-hydrogen) atoms. The van der Waals surface area contributed by atoms with Gasteiger partial charge in [0.15, 0.2) is 5.69 Å². The minimum Gasteiger partial charge on any atom is -0.481 e. The van der Waals surface area contributed by atoms with Crippen LogP contribution in [-0.2, 0) is 9.63 Å². The van der Waals surface area contributed by atoms with Crippen molar-refractivity contribution in [3.63, 3.8) is 0 Å². The van der Waals surface area contributed by atoms with Gasteiger partial charge in [-0.2, -0.15) is 0 Å². The summed E-state index contributed by atoms with van der Waals surface area (Å²) >= 11 is 0. The highest BCUT2D eigenvalue weighted by molar-refractivity contribution is 6.00. The second-order valence-corrected chi connectivity index (χ2v) is 13.2. The Balaban J connectivity index is 1.33. The topological polar surface area (TPSA) is 93.8 Å². The van der Waals surface area contributed by atoms with E-state index in [-0.39, 0.29) is 30.1 Å². The summed E-state index contributed by atoms with van der Waals surface area (Å²) in [6, 6.07) is 7.98. The van der Waals surface area contributed by atoms with Gasteiger partial charge in [0.2, 0.25) is 0 Å². The predicted molar refractivity (Wildman–Crippen MR) is 152 cm³/mol. The number of carboxylic acid groups (broad SMARTS) is 1. The number of nitrogens with zero attached hydrogens (tertiary/aromatic N) is 3. The Labute approximate surface area is 231 Å². The van der Waals surface area contributed by atoms with E-state index in [1.54, 1.807) is 0 Å². The Kier molecular flexibility index (Phi) is 7.52. The molecule has 2 aromatic rings.